The highest BCUT2D eigenvalue weighted by Crippen LogP contribution is 2.21. The molecular formula is C23H22BrClN2O3S. The van der Waals surface area contributed by atoms with Crippen molar-refractivity contribution < 1.29 is 13.2 Å². The monoisotopic (exact) mass is 520 g/mol. The molecule has 0 bridgehead atoms. The lowest BCUT2D eigenvalue weighted by Gasteiger charge is -2.22. The molecule has 3 aromatic rings. The van der Waals surface area contributed by atoms with Crippen molar-refractivity contribution in [2.75, 3.05) is 6.54 Å². The van der Waals surface area contributed by atoms with Gasteiger partial charge in [0.15, 0.2) is 0 Å². The van der Waals surface area contributed by atoms with Gasteiger partial charge in [0.25, 0.3) is 0 Å². The van der Waals surface area contributed by atoms with E-state index in [-0.39, 0.29) is 23.9 Å². The molecule has 1 amide bonds. The van der Waals surface area contributed by atoms with E-state index in [1.54, 1.807) is 36.4 Å². The van der Waals surface area contributed by atoms with Gasteiger partial charge in [0, 0.05) is 22.6 Å². The predicted molar refractivity (Wildman–Crippen MR) is 126 cm³/mol. The fraction of sp³-hybridized carbons (Fsp3) is 0.174. The van der Waals surface area contributed by atoms with E-state index in [4.69, 9.17) is 11.6 Å². The molecule has 0 heterocycles. The molecule has 0 aliphatic carbocycles. The number of carbonyl (C=O) groups is 1. The van der Waals surface area contributed by atoms with Crippen LogP contribution >= 0.6 is 27.5 Å². The van der Waals surface area contributed by atoms with Crippen LogP contribution < -0.4 is 5.32 Å². The molecule has 162 valence electrons. The van der Waals surface area contributed by atoms with Gasteiger partial charge in [-0.2, -0.15) is 4.31 Å². The minimum Gasteiger partial charge on any atom is -0.351 e. The number of benzene rings is 3. The van der Waals surface area contributed by atoms with Gasteiger partial charge in [0.2, 0.25) is 15.9 Å². The number of amides is 1. The van der Waals surface area contributed by atoms with E-state index in [2.05, 4.69) is 21.2 Å². The molecule has 3 aromatic carbocycles. The number of hydrogen-bond acceptors (Lipinski definition) is 3. The van der Waals surface area contributed by atoms with Crippen LogP contribution in [0.15, 0.2) is 82.2 Å². The van der Waals surface area contributed by atoms with Gasteiger partial charge in [-0.1, -0.05) is 69.5 Å². The quantitative estimate of drug-likeness (QED) is 0.458. The lowest BCUT2D eigenvalue weighted by atomic mass is 10.1. The summed E-state index contributed by atoms with van der Waals surface area (Å²) in [6.07, 6.45) is 0. The number of hydrogen-bond donors (Lipinski definition) is 1. The Balaban J connectivity index is 1.79. The van der Waals surface area contributed by atoms with Gasteiger partial charge in [-0.05, 0) is 54.4 Å². The van der Waals surface area contributed by atoms with Crippen LogP contribution in [0, 0.1) is 6.92 Å². The zero-order valence-electron chi connectivity index (χ0n) is 16.9. The van der Waals surface area contributed by atoms with Gasteiger partial charge in [0.05, 0.1) is 11.4 Å². The average molecular weight is 522 g/mol. The molecule has 1 N–H and O–H groups in total. The maximum Gasteiger partial charge on any atom is 0.243 e. The Labute approximate surface area is 196 Å². The van der Waals surface area contributed by atoms with E-state index in [1.807, 2.05) is 31.2 Å². The molecule has 0 saturated heterocycles. The summed E-state index contributed by atoms with van der Waals surface area (Å²) in [7, 11) is -3.89. The Morgan fingerprint density at radius 1 is 1.00 bits per heavy atom. The van der Waals surface area contributed by atoms with Crippen molar-refractivity contribution in [2.45, 2.75) is 24.9 Å². The Morgan fingerprint density at radius 3 is 2.32 bits per heavy atom. The smallest absolute Gasteiger partial charge is 0.243 e. The molecule has 8 heteroatoms. The van der Waals surface area contributed by atoms with Crippen LogP contribution in [-0.4, -0.2) is 25.2 Å². The Kier molecular flexibility index (Phi) is 7.89. The minimum absolute atomic E-state index is 0.0490. The zero-order chi connectivity index (χ0) is 22.4. The van der Waals surface area contributed by atoms with E-state index < -0.39 is 10.0 Å². The van der Waals surface area contributed by atoms with Gasteiger partial charge in [-0.3, -0.25) is 4.79 Å². The largest absolute Gasteiger partial charge is 0.351 e. The second kappa shape index (κ2) is 10.4. The van der Waals surface area contributed by atoms with Crippen molar-refractivity contribution in [1.82, 2.24) is 9.62 Å². The van der Waals surface area contributed by atoms with Gasteiger partial charge >= 0.3 is 0 Å². The first-order valence-corrected chi connectivity index (χ1v) is 12.2. The summed E-state index contributed by atoms with van der Waals surface area (Å²) in [4.78, 5) is 12.8. The number of nitrogens with zero attached hydrogens (tertiary/aromatic N) is 1. The van der Waals surface area contributed by atoms with Crippen LogP contribution in [0.25, 0.3) is 0 Å². The number of aryl methyl sites for hydroxylation is 1. The second-order valence-corrected chi connectivity index (χ2v) is 10.4. The molecule has 3 rings (SSSR count). The van der Waals surface area contributed by atoms with Crippen molar-refractivity contribution in [3.8, 4) is 0 Å². The summed E-state index contributed by atoms with van der Waals surface area (Å²) in [5.74, 6) is -0.379. The molecule has 0 fully saturated rings. The SMILES string of the molecule is Cc1cccc(CNC(=O)CN(Cc2ccc(Cl)cc2)S(=O)(=O)c2ccc(Br)cc2)c1. The van der Waals surface area contributed by atoms with Crippen molar-refractivity contribution in [1.29, 1.82) is 0 Å². The highest BCUT2D eigenvalue weighted by atomic mass is 79.9. The third-order valence-electron chi connectivity index (χ3n) is 4.62. The normalized spacial score (nSPS) is 11.5. The first-order chi connectivity index (χ1) is 14.7. The summed E-state index contributed by atoms with van der Waals surface area (Å²) < 4.78 is 28.5. The fourth-order valence-electron chi connectivity index (χ4n) is 3.01. The lowest BCUT2D eigenvalue weighted by Crippen LogP contribution is -2.40. The van der Waals surface area contributed by atoms with Crippen LogP contribution in [0.2, 0.25) is 5.02 Å². The topological polar surface area (TPSA) is 66.5 Å². The molecule has 31 heavy (non-hydrogen) atoms. The van der Waals surface area contributed by atoms with Crippen molar-refractivity contribution in [3.63, 3.8) is 0 Å². The first kappa shape index (κ1) is 23.5. The Bertz CT molecular complexity index is 1150. The summed E-state index contributed by atoms with van der Waals surface area (Å²) >= 11 is 9.26. The van der Waals surface area contributed by atoms with Crippen LogP contribution in [0.4, 0.5) is 0 Å². The summed E-state index contributed by atoms with van der Waals surface area (Å²) in [5, 5.41) is 3.37. The number of nitrogens with one attached hydrogen (secondary N) is 1. The maximum absolute atomic E-state index is 13.3. The van der Waals surface area contributed by atoms with Gasteiger partial charge in [0.1, 0.15) is 0 Å². The van der Waals surface area contributed by atoms with Crippen molar-refractivity contribution in [2.24, 2.45) is 0 Å². The number of sulfonamides is 1. The number of halogens is 2. The zero-order valence-corrected chi connectivity index (χ0v) is 20.0. The molecular weight excluding hydrogens is 500 g/mol. The van der Waals surface area contributed by atoms with E-state index in [9.17, 15) is 13.2 Å². The average Bonchev–Trinajstić information content (AvgIpc) is 2.74. The van der Waals surface area contributed by atoms with E-state index in [1.165, 1.54) is 16.4 Å². The molecule has 0 atom stereocenters. The van der Waals surface area contributed by atoms with Gasteiger partial charge < -0.3 is 5.32 Å². The highest BCUT2D eigenvalue weighted by Gasteiger charge is 2.27. The molecule has 0 spiro atoms. The third kappa shape index (κ3) is 6.64. The summed E-state index contributed by atoms with van der Waals surface area (Å²) in [6.45, 7) is 2.05. The summed E-state index contributed by atoms with van der Waals surface area (Å²) in [6, 6.07) is 21.0. The molecule has 0 unspecified atom stereocenters. The van der Waals surface area contributed by atoms with Crippen LogP contribution in [0.1, 0.15) is 16.7 Å². The third-order valence-corrected chi connectivity index (χ3v) is 7.20. The minimum atomic E-state index is -3.89. The Hall–Kier alpha value is -2.19. The highest BCUT2D eigenvalue weighted by molar-refractivity contribution is 9.10. The maximum atomic E-state index is 13.3. The van der Waals surface area contributed by atoms with Gasteiger partial charge in [-0.15, -0.1) is 0 Å². The predicted octanol–water partition coefficient (Wildman–Crippen LogP) is 4.92. The van der Waals surface area contributed by atoms with E-state index in [0.717, 1.165) is 21.2 Å². The molecule has 5 nitrogen and oxygen atoms in total. The van der Waals surface area contributed by atoms with Crippen LogP contribution in [0.5, 0.6) is 0 Å². The fourth-order valence-corrected chi connectivity index (χ4v) is 4.79. The number of rotatable bonds is 8. The van der Waals surface area contributed by atoms with Crippen LogP contribution in [-0.2, 0) is 27.9 Å². The Morgan fingerprint density at radius 2 is 1.68 bits per heavy atom. The van der Waals surface area contributed by atoms with E-state index >= 15 is 0 Å². The van der Waals surface area contributed by atoms with Crippen LogP contribution in [0.3, 0.4) is 0 Å². The lowest BCUT2D eigenvalue weighted by molar-refractivity contribution is -0.121. The molecule has 0 aliphatic rings. The first-order valence-electron chi connectivity index (χ1n) is 9.56. The second-order valence-electron chi connectivity index (χ2n) is 7.12. The van der Waals surface area contributed by atoms with Crippen molar-refractivity contribution >= 4 is 43.5 Å². The number of carbonyl (C=O) groups excluding carboxylic acids is 1. The molecule has 0 saturated carbocycles. The molecule has 0 aromatic heterocycles. The standard InChI is InChI=1S/C23H22BrClN2O3S/c1-17-3-2-4-19(13-17)14-26-23(28)16-27(15-18-5-9-21(25)10-6-18)31(29,30)22-11-7-20(24)8-12-22/h2-13H,14-16H2,1H3,(H,26,28). The molecule has 0 aliphatic heterocycles. The van der Waals surface area contributed by atoms with E-state index in [0.29, 0.717) is 11.6 Å². The van der Waals surface area contributed by atoms with Crippen molar-refractivity contribution in [3.05, 3.63) is 99.0 Å². The summed E-state index contributed by atoms with van der Waals surface area (Å²) in [5.41, 5.74) is 2.78. The van der Waals surface area contributed by atoms with Gasteiger partial charge in [-0.25, -0.2) is 8.42 Å². The molecule has 0 radical (unpaired) electrons.